The maximum Gasteiger partial charge on any atom is 0.416 e. The molecule has 202 valence electrons. The fourth-order valence-electron chi connectivity index (χ4n) is 4.73. The highest BCUT2D eigenvalue weighted by molar-refractivity contribution is 5.96. The molecule has 0 aliphatic carbocycles. The first-order valence-electron chi connectivity index (χ1n) is 13.0. The molecule has 0 bridgehead atoms. The lowest BCUT2D eigenvalue weighted by molar-refractivity contribution is -0.137. The number of Topliss-reactive ketones (excluding diaryl/α,β-unsaturated/α-hetero) is 1. The third kappa shape index (κ3) is 5.88. The summed E-state index contributed by atoms with van der Waals surface area (Å²) in [6.07, 6.45) is -2.59. The van der Waals surface area contributed by atoms with Crippen LogP contribution in [0.15, 0.2) is 91.1 Å². The van der Waals surface area contributed by atoms with E-state index >= 15 is 0 Å². The summed E-state index contributed by atoms with van der Waals surface area (Å²) in [5, 5.41) is 4.17. The molecular formula is C33H28F3N3O. The van der Waals surface area contributed by atoms with Crippen molar-refractivity contribution in [2.75, 3.05) is 5.32 Å². The quantitative estimate of drug-likeness (QED) is 0.210. The Bertz CT molecular complexity index is 1710. The smallest absolute Gasteiger partial charge is 0.324 e. The first-order valence-corrected chi connectivity index (χ1v) is 13.0. The van der Waals surface area contributed by atoms with Crippen LogP contribution in [0.4, 0.5) is 24.8 Å². The van der Waals surface area contributed by atoms with Crippen LogP contribution in [-0.4, -0.2) is 15.8 Å². The number of hydrogen-bond acceptors (Lipinski definition) is 4. The molecule has 1 atom stereocenters. The summed E-state index contributed by atoms with van der Waals surface area (Å²) in [6, 6.07) is 24.6. The number of benzene rings is 4. The van der Waals surface area contributed by atoms with E-state index in [2.05, 4.69) is 21.4 Å². The molecule has 7 heteroatoms. The minimum atomic E-state index is -4.49. The van der Waals surface area contributed by atoms with E-state index in [-0.39, 0.29) is 23.7 Å². The lowest BCUT2D eigenvalue weighted by Crippen LogP contribution is -2.09. The van der Waals surface area contributed by atoms with E-state index in [9.17, 15) is 18.0 Å². The molecule has 0 aliphatic heterocycles. The maximum atomic E-state index is 13.1. The number of alkyl halides is 3. The first kappa shape index (κ1) is 27.1. The molecular weight excluding hydrogens is 511 g/mol. The van der Waals surface area contributed by atoms with Gasteiger partial charge in [-0.05, 0) is 77.9 Å². The molecule has 0 saturated heterocycles. The number of hydrogen-bond donors (Lipinski definition) is 1. The van der Waals surface area contributed by atoms with Gasteiger partial charge in [-0.3, -0.25) is 4.79 Å². The zero-order valence-electron chi connectivity index (χ0n) is 22.4. The van der Waals surface area contributed by atoms with Crippen LogP contribution in [0.5, 0.6) is 0 Å². The van der Waals surface area contributed by atoms with Gasteiger partial charge in [0.25, 0.3) is 0 Å². The molecule has 40 heavy (non-hydrogen) atoms. The molecule has 0 saturated carbocycles. The number of aryl methyl sites for hydroxylation is 2. The number of carbonyl (C=O) groups is 1. The summed E-state index contributed by atoms with van der Waals surface area (Å²) in [7, 11) is 0. The Hall–Kier alpha value is -4.52. The second-order valence-electron chi connectivity index (χ2n) is 10.1. The van der Waals surface area contributed by atoms with Gasteiger partial charge in [0.1, 0.15) is 0 Å². The van der Waals surface area contributed by atoms with Crippen LogP contribution < -0.4 is 5.32 Å². The van der Waals surface area contributed by atoms with Gasteiger partial charge in [-0.1, -0.05) is 61.5 Å². The minimum absolute atomic E-state index is 0.0693. The standard InChI is InChI=1S/C33H28F3N3O/c1-20-11-12-23(22(3)15-31(40)25-8-6-9-27(17-25)33(34,35)36)18-28(20)24-13-14-30-26(16-24)19-37-32(39-30)38-29-10-5-4-7-21(29)2/h4-14,16-19,22H,15H2,1-3H3,(H,37,38,39). The summed E-state index contributed by atoms with van der Waals surface area (Å²) in [6.45, 7) is 5.96. The van der Waals surface area contributed by atoms with Gasteiger partial charge in [-0.15, -0.1) is 0 Å². The Morgan fingerprint density at radius 2 is 1.70 bits per heavy atom. The van der Waals surface area contributed by atoms with E-state index in [1.54, 1.807) is 6.20 Å². The number of aromatic nitrogens is 2. The lowest BCUT2D eigenvalue weighted by Gasteiger charge is -2.16. The Kier molecular flexibility index (Phi) is 7.39. The van der Waals surface area contributed by atoms with Gasteiger partial charge in [0.2, 0.25) is 5.95 Å². The highest BCUT2D eigenvalue weighted by atomic mass is 19.4. The van der Waals surface area contributed by atoms with Crippen LogP contribution >= 0.6 is 0 Å². The number of halogens is 3. The molecule has 1 unspecified atom stereocenters. The van der Waals surface area contributed by atoms with Gasteiger partial charge in [0, 0.05) is 29.3 Å². The van der Waals surface area contributed by atoms with Crippen molar-refractivity contribution in [3.8, 4) is 11.1 Å². The van der Waals surface area contributed by atoms with Crippen molar-refractivity contribution < 1.29 is 18.0 Å². The topological polar surface area (TPSA) is 54.9 Å². The molecule has 0 amide bonds. The number of fused-ring (bicyclic) bond motifs is 1. The predicted molar refractivity (Wildman–Crippen MR) is 153 cm³/mol. The Balaban J connectivity index is 1.37. The fourth-order valence-corrected chi connectivity index (χ4v) is 4.73. The van der Waals surface area contributed by atoms with E-state index < -0.39 is 11.7 Å². The van der Waals surface area contributed by atoms with E-state index in [4.69, 9.17) is 0 Å². The molecule has 5 rings (SSSR count). The van der Waals surface area contributed by atoms with Crippen molar-refractivity contribution in [3.63, 3.8) is 0 Å². The molecule has 5 aromatic rings. The number of anilines is 2. The van der Waals surface area contributed by atoms with E-state index in [0.29, 0.717) is 5.95 Å². The molecule has 0 fully saturated rings. The predicted octanol–water partition coefficient (Wildman–Crippen LogP) is 9.05. The van der Waals surface area contributed by atoms with Crippen molar-refractivity contribution in [2.24, 2.45) is 0 Å². The Morgan fingerprint density at radius 1 is 0.900 bits per heavy atom. The second kappa shape index (κ2) is 10.9. The van der Waals surface area contributed by atoms with Crippen molar-refractivity contribution in [1.82, 2.24) is 9.97 Å². The monoisotopic (exact) mass is 539 g/mol. The van der Waals surface area contributed by atoms with Crippen LogP contribution in [0.2, 0.25) is 0 Å². The number of ketones is 1. The minimum Gasteiger partial charge on any atom is -0.324 e. The third-order valence-electron chi connectivity index (χ3n) is 7.12. The maximum absolute atomic E-state index is 13.1. The van der Waals surface area contributed by atoms with Gasteiger partial charge < -0.3 is 5.32 Å². The largest absolute Gasteiger partial charge is 0.416 e. The third-order valence-corrected chi connectivity index (χ3v) is 7.12. The van der Waals surface area contributed by atoms with Crippen LogP contribution in [0.1, 0.15) is 51.9 Å². The van der Waals surface area contributed by atoms with Gasteiger partial charge >= 0.3 is 6.18 Å². The highest BCUT2D eigenvalue weighted by Gasteiger charge is 2.31. The molecule has 4 aromatic carbocycles. The van der Waals surface area contributed by atoms with E-state index in [1.807, 2.05) is 75.4 Å². The SMILES string of the molecule is Cc1ccccc1Nc1ncc2cc(-c3cc(C(C)CC(=O)c4cccc(C(F)(F)F)c4)ccc3C)ccc2n1. The fraction of sp³-hybridized carbons (Fsp3) is 0.182. The van der Waals surface area contributed by atoms with Crippen molar-refractivity contribution in [2.45, 2.75) is 39.3 Å². The number of carbonyl (C=O) groups excluding carboxylic acids is 1. The second-order valence-corrected chi connectivity index (χ2v) is 10.1. The van der Waals surface area contributed by atoms with Crippen LogP contribution in [-0.2, 0) is 6.18 Å². The normalized spacial score (nSPS) is 12.3. The number of para-hydroxylation sites is 1. The first-order chi connectivity index (χ1) is 19.1. The van der Waals surface area contributed by atoms with E-state index in [0.717, 1.165) is 56.5 Å². The number of rotatable bonds is 7. The number of nitrogens with zero attached hydrogens (tertiary/aromatic N) is 2. The van der Waals surface area contributed by atoms with Crippen molar-refractivity contribution in [1.29, 1.82) is 0 Å². The van der Waals surface area contributed by atoms with E-state index in [1.165, 1.54) is 12.1 Å². The molecule has 1 aromatic heterocycles. The molecule has 1 N–H and O–H groups in total. The molecule has 0 aliphatic rings. The Labute approximate surface area is 230 Å². The summed E-state index contributed by atoms with van der Waals surface area (Å²) in [5.41, 5.74) is 6.12. The lowest BCUT2D eigenvalue weighted by atomic mass is 9.89. The van der Waals surface area contributed by atoms with Crippen LogP contribution in [0, 0.1) is 13.8 Å². The van der Waals surface area contributed by atoms with Crippen molar-refractivity contribution >= 4 is 28.3 Å². The summed E-state index contributed by atoms with van der Waals surface area (Å²) in [4.78, 5) is 22.0. The molecule has 0 radical (unpaired) electrons. The molecule has 1 heterocycles. The zero-order chi connectivity index (χ0) is 28.4. The van der Waals surface area contributed by atoms with Gasteiger partial charge in [0.15, 0.2) is 5.78 Å². The zero-order valence-corrected chi connectivity index (χ0v) is 22.4. The molecule has 4 nitrogen and oxygen atoms in total. The summed E-state index contributed by atoms with van der Waals surface area (Å²) < 4.78 is 39.3. The van der Waals surface area contributed by atoms with Crippen LogP contribution in [0.3, 0.4) is 0 Å². The van der Waals surface area contributed by atoms with Crippen LogP contribution in [0.25, 0.3) is 22.0 Å². The van der Waals surface area contributed by atoms with Gasteiger partial charge in [0.05, 0.1) is 11.1 Å². The Morgan fingerprint density at radius 3 is 2.48 bits per heavy atom. The highest BCUT2D eigenvalue weighted by Crippen LogP contribution is 2.33. The average Bonchev–Trinajstić information content (AvgIpc) is 2.94. The van der Waals surface area contributed by atoms with Gasteiger partial charge in [-0.25, -0.2) is 9.97 Å². The summed E-state index contributed by atoms with van der Waals surface area (Å²) >= 11 is 0. The number of nitrogens with one attached hydrogen (secondary N) is 1. The molecule has 0 spiro atoms. The van der Waals surface area contributed by atoms with Crippen molar-refractivity contribution in [3.05, 3.63) is 119 Å². The summed E-state index contributed by atoms with van der Waals surface area (Å²) in [5.74, 6) is 0.0194. The average molecular weight is 540 g/mol. The van der Waals surface area contributed by atoms with Gasteiger partial charge in [-0.2, -0.15) is 13.2 Å².